The number of para-hydroxylation sites is 2. The monoisotopic (exact) mass is 472 g/mol. The van der Waals surface area contributed by atoms with Crippen LogP contribution in [0.1, 0.15) is 19.3 Å². The zero-order chi connectivity index (χ0) is 23.2. The maximum atomic E-state index is 3.80. The Hall–Kier alpha value is -3.56. The van der Waals surface area contributed by atoms with Gasteiger partial charge < -0.3 is 10.2 Å². The molecular formula is C32H28N2S. The summed E-state index contributed by atoms with van der Waals surface area (Å²) in [6.07, 6.45) is 6.10. The van der Waals surface area contributed by atoms with E-state index in [1.165, 1.54) is 62.2 Å². The fraction of sp³-hybridized carbons (Fsp3) is 0.188. The molecule has 0 radical (unpaired) electrons. The van der Waals surface area contributed by atoms with Crippen molar-refractivity contribution in [3.63, 3.8) is 0 Å². The normalized spacial score (nSPS) is 21.3. The lowest BCUT2D eigenvalue weighted by Crippen LogP contribution is -2.50. The van der Waals surface area contributed by atoms with E-state index in [2.05, 4.69) is 119 Å². The largest absolute Gasteiger partial charge is 0.359 e. The summed E-state index contributed by atoms with van der Waals surface area (Å²) in [6, 6.07) is 37.9. The highest BCUT2D eigenvalue weighted by Crippen LogP contribution is 2.49. The van der Waals surface area contributed by atoms with Crippen molar-refractivity contribution in [2.45, 2.75) is 25.3 Å². The van der Waals surface area contributed by atoms with Crippen molar-refractivity contribution in [2.75, 3.05) is 10.2 Å². The van der Waals surface area contributed by atoms with Crippen LogP contribution in [0, 0.1) is 11.8 Å². The SMILES string of the molecule is C1=C(Nc2ccc3c(c2)sc2ccccc23)C([C@@H]2CC[C@@H]2N(c2ccccc2)c2ccccc2)C1. The van der Waals surface area contributed by atoms with Gasteiger partial charge in [-0.2, -0.15) is 0 Å². The molecule has 2 nitrogen and oxygen atoms in total. The van der Waals surface area contributed by atoms with E-state index < -0.39 is 0 Å². The van der Waals surface area contributed by atoms with Gasteiger partial charge in [0.1, 0.15) is 0 Å². The van der Waals surface area contributed by atoms with E-state index in [9.17, 15) is 0 Å². The quantitative estimate of drug-likeness (QED) is 0.265. The maximum absolute atomic E-state index is 3.80. The summed E-state index contributed by atoms with van der Waals surface area (Å²) in [7, 11) is 0. The molecule has 1 fully saturated rings. The highest BCUT2D eigenvalue weighted by Gasteiger charge is 2.44. The molecule has 4 aromatic carbocycles. The van der Waals surface area contributed by atoms with Crippen LogP contribution in [-0.2, 0) is 0 Å². The van der Waals surface area contributed by atoms with E-state index >= 15 is 0 Å². The smallest absolute Gasteiger partial charge is 0.0413 e. The van der Waals surface area contributed by atoms with E-state index in [1.54, 1.807) is 0 Å². The average molecular weight is 473 g/mol. The molecule has 2 aliphatic rings. The number of benzene rings is 4. The third-order valence-corrected chi connectivity index (χ3v) is 9.00. The summed E-state index contributed by atoms with van der Waals surface area (Å²) in [5.41, 5.74) is 5.20. The van der Waals surface area contributed by atoms with E-state index in [0.717, 1.165) is 0 Å². The fourth-order valence-electron chi connectivity index (χ4n) is 5.90. The van der Waals surface area contributed by atoms with Crippen LogP contribution in [0.3, 0.4) is 0 Å². The molecule has 1 saturated carbocycles. The number of allylic oxidation sites excluding steroid dienone is 2. The molecule has 0 saturated heterocycles. The lowest BCUT2D eigenvalue weighted by Gasteiger charge is -2.51. The van der Waals surface area contributed by atoms with Crippen molar-refractivity contribution in [3.8, 4) is 0 Å². The van der Waals surface area contributed by atoms with E-state index in [1.807, 2.05) is 11.3 Å². The number of hydrogen-bond acceptors (Lipinski definition) is 3. The third-order valence-electron chi connectivity index (χ3n) is 7.87. The van der Waals surface area contributed by atoms with Crippen molar-refractivity contribution >= 4 is 48.6 Å². The Bertz CT molecular complexity index is 1480. The van der Waals surface area contributed by atoms with Gasteiger partial charge in [-0.1, -0.05) is 66.7 Å². The highest BCUT2D eigenvalue weighted by molar-refractivity contribution is 7.25. The van der Waals surface area contributed by atoms with Crippen molar-refractivity contribution in [1.82, 2.24) is 0 Å². The summed E-state index contributed by atoms with van der Waals surface area (Å²) < 4.78 is 2.72. The molecule has 1 heterocycles. The van der Waals surface area contributed by atoms with Crippen molar-refractivity contribution in [3.05, 3.63) is 115 Å². The second kappa shape index (κ2) is 8.58. The second-order valence-corrected chi connectivity index (χ2v) is 10.9. The first-order chi connectivity index (χ1) is 17.3. The molecule has 2 aliphatic carbocycles. The third kappa shape index (κ3) is 3.62. The van der Waals surface area contributed by atoms with Crippen LogP contribution in [0.2, 0.25) is 0 Å². The zero-order valence-corrected chi connectivity index (χ0v) is 20.4. The van der Waals surface area contributed by atoms with E-state index in [0.29, 0.717) is 17.9 Å². The topological polar surface area (TPSA) is 15.3 Å². The fourth-order valence-corrected chi connectivity index (χ4v) is 7.04. The first-order valence-electron chi connectivity index (χ1n) is 12.6. The van der Waals surface area contributed by atoms with Crippen LogP contribution in [0.4, 0.5) is 17.1 Å². The number of fused-ring (bicyclic) bond motifs is 3. The molecule has 0 spiro atoms. The van der Waals surface area contributed by atoms with Gasteiger partial charge in [0.05, 0.1) is 0 Å². The van der Waals surface area contributed by atoms with Gasteiger partial charge in [0.25, 0.3) is 0 Å². The number of hydrogen-bond donors (Lipinski definition) is 1. The van der Waals surface area contributed by atoms with Gasteiger partial charge in [-0.3, -0.25) is 0 Å². The summed E-state index contributed by atoms with van der Waals surface area (Å²) in [5, 5.41) is 6.52. The van der Waals surface area contributed by atoms with E-state index in [4.69, 9.17) is 0 Å². The zero-order valence-electron chi connectivity index (χ0n) is 19.6. The van der Waals surface area contributed by atoms with Crippen molar-refractivity contribution in [1.29, 1.82) is 0 Å². The van der Waals surface area contributed by atoms with Crippen LogP contribution in [0.15, 0.2) is 115 Å². The van der Waals surface area contributed by atoms with Gasteiger partial charge in [-0.25, -0.2) is 0 Å². The van der Waals surface area contributed by atoms with Gasteiger partial charge in [-0.05, 0) is 67.6 Å². The van der Waals surface area contributed by atoms with Gasteiger partial charge >= 0.3 is 0 Å². The number of thiophene rings is 1. The van der Waals surface area contributed by atoms with Gasteiger partial charge in [0.2, 0.25) is 0 Å². The molecule has 1 N–H and O–H groups in total. The molecule has 7 rings (SSSR count). The molecular weight excluding hydrogens is 444 g/mol. The minimum Gasteiger partial charge on any atom is -0.359 e. The first-order valence-corrected chi connectivity index (χ1v) is 13.4. The summed E-state index contributed by atoms with van der Waals surface area (Å²) >= 11 is 1.88. The molecule has 5 aromatic rings. The Kier molecular flexibility index (Phi) is 5.10. The number of anilines is 3. The molecule has 0 amide bonds. The predicted octanol–water partition coefficient (Wildman–Crippen LogP) is 8.99. The standard InChI is InChI=1S/C32H28N2S/c1-3-9-23(10-4-1)34(24-11-5-2-6-12-24)30-20-18-26(30)25-17-19-29(25)33-22-15-16-28-27-13-7-8-14-31(27)35-32(28)21-22/h1-16,19,21,25-26,30,33H,17-18,20H2/t25?,26-,30-/m0/s1. The molecule has 172 valence electrons. The maximum Gasteiger partial charge on any atom is 0.0413 e. The Balaban J connectivity index is 1.13. The lowest BCUT2D eigenvalue weighted by molar-refractivity contribution is 0.177. The molecule has 35 heavy (non-hydrogen) atoms. The summed E-state index contributed by atoms with van der Waals surface area (Å²) in [4.78, 5) is 2.58. The second-order valence-electron chi connectivity index (χ2n) is 9.79. The molecule has 0 bridgehead atoms. The molecule has 0 aliphatic heterocycles. The highest BCUT2D eigenvalue weighted by atomic mass is 32.1. The Morgan fingerprint density at radius 1 is 0.686 bits per heavy atom. The van der Waals surface area contributed by atoms with E-state index in [-0.39, 0.29) is 0 Å². The lowest BCUT2D eigenvalue weighted by atomic mass is 9.65. The molecule has 3 atom stereocenters. The van der Waals surface area contributed by atoms with Crippen LogP contribution in [-0.4, -0.2) is 6.04 Å². The van der Waals surface area contributed by atoms with Gasteiger partial charge in [0.15, 0.2) is 0 Å². The van der Waals surface area contributed by atoms with Crippen LogP contribution in [0.25, 0.3) is 20.2 Å². The Labute approximate surface area is 210 Å². The van der Waals surface area contributed by atoms with Crippen LogP contribution < -0.4 is 10.2 Å². The Morgan fingerprint density at radius 3 is 2.03 bits per heavy atom. The molecule has 3 heteroatoms. The summed E-state index contributed by atoms with van der Waals surface area (Å²) in [5.74, 6) is 1.26. The average Bonchev–Trinajstić information content (AvgIpc) is 3.26. The van der Waals surface area contributed by atoms with Crippen LogP contribution in [0.5, 0.6) is 0 Å². The molecule has 1 unspecified atom stereocenters. The van der Waals surface area contributed by atoms with Crippen LogP contribution >= 0.6 is 11.3 Å². The number of nitrogens with zero attached hydrogens (tertiary/aromatic N) is 1. The van der Waals surface area contributed by atoms with Crippen molar-refractivity contribution in [2.24, 2.45) is 11.8 Å². The first kappa shape index (κ1) is 20.8. The van der Waals surface area contributed by atoms with Crippen molar-refractivity contribution < 1.29 is 0 Å². The molecule has 1 aromatic heterocycles. The Morgan fingerprint density at radius 2 is 1.37 bits per heavy atom. The summed E-state index contributed by atoms with van der Waals surface area (Å²) in [6.45, 7) is 0. The minimum absolute atomic E-state index is 0.528. The number of nitrogens with one attached hydrogen (secondary N) is 1. The predicted molar refractivity (Wildman–Crippen MR) is 151 cm³/mol. The van der Waals surface area contributed by atoms with Gasteiger partial charge in [-0.15, -0.1) is 11.3 Å². The van der Waals surface area contributed by atoms with Gasteiger partial charge in [0, 0.05) is 54.9 Å². The number of rotatable bonds is 6. The minimum atomic E-state index is 0.528.